The van der Waals surface area contributed by atoms with Gasteiger partial charge < -0.3 is 9.94 Å². The molecule has 2 heterocycles. The molecule has 0 aliphatic rings. The van der Waals surface area contributed by atoms with E-state index in [0.717, 1.165) is 16.2 Å². The van der Waals surface area contributed by atoms with Crippen LogP contribution in [0.25, 0.3) is 5.69 Å². The molecule has 0 atom stereocenters. The molecule has 120 valence electrons. The number of aromatic amines is 1. The van der Waals surface area contributed by atoms with Crippen LogP contribution in [0.2, 0.25) is 0 Å². The summed E-state index contributed by atoms with van der Waals surface area (Å²) in [5, 5.41) is 22.5. The number of nitrogens with one attached hydrogen (secondary N) is 1. The highest BCUT2D eigenvalue weighted by atomic mass is 32.2. The zero-order valence-electron chi connectivity index (χ0n) is 12.2. The average Bonchev–Trinajstić information content (AvgIpc) is 3.14. The smallest absolute Gasteiger partial charge is 0.365 e. The summed E-state index contributed by atoms with van der Waals surface area (Å²) in [4.78, 5) is 13.5. The Hall–Kier alpha value is -2.75. The second-order valence-corrected chi connectivity index (χ2v) is 5.77. The van der Waals surface area contributed by atoms with Gasteiger partial charge in [0, 0.05) is 16.5 Å². The maximum absolute atomic E-state index is 11.8. The van der Waals surface area contributed by atoms with Crippen LogP contribution in [0.3, 0.4) is 0 Å². The number of thioether (sulfide) groups is 1. The third-order valence-corrected chi connectivity index (χ3v) is 4.01. The van der Waals surface area contributed by atoms with Gasteiger partial charge in [-0.15, -0.1) is 16.6 Å². The molecule has 1 aromatic carbocycles. The number of benzene rings is 1. The number of tetrazole rings is 1. The van der Waals surface area contributed by atoms with Crippen LogP contribution in [0.1, 0.15) is 12.5 Å². The highest BCUT2D eigenvalue weighted by Gasteiger charge is 2.14. The Kier molecular flexibility index (Phi) is 4.33. The molecule has 0 bridgehead atoms. The van der Waals surface area contributed by atoms with Crippen LogP contribution in [0.15, 0.2) is 40.2 Å². The lowest BCUT2D eigenvalue weighted by Crippen LogP contribution is -2.18. The van der Waals surface area contributed by atoms with E-state index < -0.39 is 5.69 Å². The largest absolute Gasteiger partial charge is 0.472 e. The number of hydrogen-bond donors (Lipinski definition) is 2. The minimum atomic E-state index is -0.426. The Labute approximate surface area is 134 Å². The van der Waals surface area contributed by atoms with Crippen molar-refractivity contribution in [3.63, 3.8) is 0 Å². The van der Waals surface area contributed by atoms with Gasteiger partial charge in [-0.05, 0) is 28.3 Å². The van der Waals surface area contributed by atoms with E-state index in [9.17, 15) is 10.0 Å². The van der Waals surface area contributed by atoms with Crippen molar-refractivity contribution in [2.45, 2.75) is 18.4 Å². The lowest BCUT2D eigenvalue weighted by atomic mass is 10.2. The van der Waals surface area contributed by atoms with Gasteiger partial charge in [0.1, 0.15) is 6.61 Å². The fraction of sp³-hybridized carbons (Fsp3) is 0.231. The van der Waals surface area contributed by atoms with Crippen LogP contribution in [0.4, 0.5) is 0 Å². The van der Waals surface area contributed by atoms with Crippen molar-refractivity contribution in [1.82, 2.24) is 30.2 Å². The molecule has 9 nitrogen and oxygen atoms in total. The molecular weight excluding hydrogens is 320 g/mol. The van der Waals surface area contributed by atoms with Gasteiger partial charge in [0.15, 0.2) is 0 Å². The number of aromatic nitrogens is 6. The third-order valence-electron chi connectivity index (χ3n) is 3.02. The minimum absolute atomic E-state index is 0.175. The summed E-state index contributed by atoms with van der Waals surface area (Å²) < 4.78 is 6.78. The molecule has 2 aromatic heterocycles. The molecule has 0 aliphatic carbocycles. The minimum Gasteiger partial charge on any atom is -0.472 e. The molecule has 23 heavy (non-hydrogen) atoms. The van der Waals surface area contributed by atoms with E-state index in [-0.39, 0.29) is 12.5 Å². The first-order valence-corrected chi connectivity index (χ1v) is 7.80. The number of ether oxygens (including phenoxy) is 1. The molecule has 10 heteroatoms. The van der Waals surface area contributed by atoms with Crippen LogP contribution < -0.4 is 10.4 Å². The summed E-state index contributed by atoms with van der Waals surface area (Å²) in [5.41, 5.74) is 0.956. The molecular formula is C13H14N6O3S. The SMILES string of the molecule is CCSc1cccc(-n2nn[nH]c2=O)c1COc1ccn(O)n1. The van der Waals surface area contributed by atoms with Crippen molar-refractivity contribution in [2.24, 2.45) is 0 Å². The maximum Gasteiger partial charge on any atom is 0.365 e. The standard InChI is InChI=1S/C13H14N6O3S/c1-2-23-11-5-3-4-10(19-13(20)14-16-17-19)9(11)8-22-12-6-7-18(21)15-12/h3-7,21H,2,8H2,1H3,(H,14,17,20). The summed E-state index contributed by atoms with van der Waals surface area (Å²) in [6, 6.07) is 7.11. The first-order valence-electron chi connectivity index (χ1n) is 6.82. The highest BCUT2D eigenvalue weighted by Crippen LogP contribution is 2.28. The zero-order chi connectivity index (χ0) is 16.2. The molecule has 0 aliphatic heterocycles. The molecule has 0 amide bonds. The van der Waals surface area contributed by atoms with Crippen molar-refractivity contribution in [1.29, 1.82) is 0 Å². The normalized spacial score (nSPS) is 10.8. The number of H-pyrrole nitrogens is 1. The quantitative estimate of drug-likeness (QED) is 0.512. The van der Waals surface area contributed by atoms with E-state index in [1.165, 1.54) is 16.9 Å². The van der Waals surface area contributed by atoms with Crippen LogP contribution >= 0.6 is 11.8 Å². The van der Waals surface area contributed by atoms with Crippen LogP contribution in [0, 0.1) is 0 Å². The number of rotatable bonds is 6. The summed E-state index contributed by atoms with van der Waals surface area (Å²) in [6.07, 6.45) is 1.37. The van der Waals surface area contributed by atoms with Gasteiger partial charge in [-0.3, -0.25) is 0 Å². The Morgan fingerprint density at radius 1 is 1.39 bits per heavy atom. The predicted octanol–water partition coefficient (Wildman–Crippen LogP) is 1.08. The second-order valence-electron chi connectivity index (χ2n) is 4.47. The van der Waals surface area contributed by atoms with Gasteiger partial charge >= 0.3 is 5.69 Å². The van der Waals surface area contributed by atoms with Gasteiger partial charge in [-0.2, -0.15) is 4.68 Å². The number of hydrogen-bond acceptors (Lipinski definition) is 7. The average molecular weight is 334 g/mol. The van der Waals surface area contributed by atoms with E-state index in [2.05, 4.69) is 20.6 Å². The van der Waals surface area contributed by atoms with Crippen molar-refractivity contribution < 1.29 is 9.94 Å². The first-order chi connectivity index (χ1) is 11.2. The third kappa shape index (κ3) is 3.21. The van der Waals surface area contributed by atoms with E-state index in [1.807, 2.05) is 19.1 Å². The second kappa shape index (κ2) is 6.57. The van der Waals surface area contributed by atoms with Gasteiger partial charge in [-0.1, -0.05) is 18.1 Å². The fourth-order valence-electron chi connectivity index (χ4n) is 2.06. The molecule has 0 radical (unpaired) electrons. The molecule has 0 saturated heterocycles. The fourth-order valence-corrected chi connectivity index (χ4v) is 2.89. The van der Waals surface area contributed by atoms with Crippen molar-refractivity contribution in [3.8, 4) is 11.6 Å². The topological polar surface area (TPSA) is 111 Å². The van der Waals surface area contributed by atoms with Crippen LogP contribution in [0.5, 0.6) is 5.88 Å². The Balaban J connectivity index is 1.97. The van der Waals surface area contributed by atoms with Gasteiger partial charge in [0.25, 0.3) is 0 Å². The Morgan fingerprint density at radius 3 is 2.91 bits per heavy atom. The number of nitrogens with zero attached hydrogens (tertiary/aromatic N) is 5. The summed E-state index contributed by atoms with van der Waals surface area (Å²) in [6.45, 7) is 2.21. The van der Waals surface area contributed by atoms with Crippen molar-refractivity contribution >= 4 is 11.8 Å². The molecule has 2 N–H and O–H groups in total. The molecule has 3 aromatic rings. The Morgan fingerprint density at radius 2 is 2.26 bits per heavy atom. The molecule has 0 fully saturated rings. The summed E-state index contributed by atoms with van der Waals surface area (Å²) in [5.74, 6) is 1.15. The van der Waals surface area contributed by atoms with Crippen LogP contribution in [-0.4, -0.2) is 41.1 Å². The van der Waals surface area contributed by atoms with Crippen molar-refractivity contribution in [3.05, 3.63) is 46.5 Å². The van der Waals surface area contributed by atoms with E-state index in [0.29, 0.717) is 10.5 Å². The molecule has 0 unspecified atom stereocenters. The molecule has 0 spiro atoms. The van der Waals surface area contributed by atoms with Gasteiger partial charge in [0.05, 0.1) is 11.9 Å². The first kappa shape index (κ1) is 15.2. The van der Waals surface area contributed by atoms with Gasteiger partial charge in [0.2, 0.25) is 5.88 Å². The molecule has 0 saturated carbocycles. The van der Waals surface area contributed by atoms with Crippen molar-refractivity contribution in [2.75, 3.05) is 5.75 Å². The van der Waals surface area contributed by atoms with E-state index >= 15 is 0 Å². The van der Waals surface area contributed by atoms with E-state index in [4.69, 9.17) is 4.74 Å². The molecule has 3 rings (SSSR count). The lowest BCUT2D eigenvalue weighted by molar-refractivity contribution is 0.141. The van der Waals surface area contributed by atoms with E-state index in [1.54, 1.807) is 17.8 Å². The Bertz CT molecular complexity index is 855. The monoisotopic (exact) mass is 334 g/mol. The predicted molar refractivity (Wildman–Crippen MR) is 82.1 cm³/mol. The summed E-state index contributed by atoms with van der Waals surface area (Å²) >= 11 is 1.63. The maximum atomic E-state index is 11.8. The van der Waals surface area contributed by atoms with Gasteiger partial charge in [-0.25, -0.2) is 9.89 Å². The lowest BCUT2D eigenvalue weighted by Gasteiger charge is -2.13. The highest BCUT2D eigenvalue weighted by molar-refractivity contribution is 7.99. The van der Waals surface area contributed by atoms with Crippen LogP contribution in [-0.2, 0) is 6.61 Å². The zero-order valence-corrected chi connectivity index (χ0v) is 13.0. The summed E-state index contributed by atoms with van der Waals surface area (Å²) in [7, 11) is 0.